The fraction of sp³-hybridized carbons (Fsp3) is 0.462. The van der Waals surface area contributed by atoms with Gasteiger partial charge in [-0.3, -0.25) is 4.79 Å². The molecule has 0 atom stereocenters. The molecule has 1 aliphatic carbocycles. The van der Waals surface area contributed by atoms with E-state index < -0.39 is 0 Å². The smallest absolute Gasteiger partial charge is 0.221 e. The second-order valence-electron chi connectivity index (χ2n) is 4.76. The summed E-state index contributed by atoms with van der Waals surface area (Å²) in [5.41, 5.74) is 8.24. The Morgan fingerprint density at radius 2 is 2.25 bits per heavy atom. The molecule has 16 heavy (non-hydrogen) atoms. The van der Waals surface area contributed by atoms with Gasteiger partial charge in [0.15, 0.2) is 0 Å². The largest absolute Gasteiger partial charge is 0.330 e. The maximum Gasteiger partial charge on any atom is 0.221 e. The molecular formula is C13H18N2O. The van der Waals surface area contributed by atoms with E-state index in [4.69, 9.17) is 5.73 Å². The van der Waals surface area contributed by atoms with Crippen LogP contribution in [0.15, 0.2) is 24.3 Å². The van der Waals surface area contributed by atoms with Crippen LogP contribution < -0.4 is 11.1 Å². The number of nitrogens with one attached hydrogen (secondary N) is 1. The topological polar surface area (TPSA) is 55.1 Å². The Labute approximate surface area is 96.0 Å². The van der Waals surface area contributed by atoms with E-state index in [2.05, 4.69) is 11.4 Å². The summed E-state index contributed by atoms with van der Waals surface area (Å²) in [6.07, 6.45) is 3.48. The molecule has 86 valence electrons. The lowest BCUT2D eigenvalue weighted by Gasteiger charge is -2.13. The average Bonchev–Trinajstić information content (AvgIpc) is 2.98. The zero-order valence-corrected chi connectivity index (χ0v) is 9.62. The number of hydrogen-bond donors (Lipinski definition) is 2. The first-order valence-corrected chi connectivity index (χ1v) is 5.70. The van der Waals surface area contributed by atoms with Gasteiger partial charge < -0.3 is 11.1 Å². The van der Waals surface area contributed by atoms with E-state index in [1.54, 1.807) is 0 Å². The second-order valence-corrected chi connectivity index (χ2v) is 4.76. The van der Waals surface area contributed by atoms with Crippen LogP contribution in [0.5, 0.6) is 0 Å². The molecule has 1 aliphatic rings. The van der Waals surface area contributed by atoms with Crippen molar-refractivity contribution in [2.75, 3.05) is 11.9 Å². The van der Waals surface area contributed by atoms with Crippen molar-refractivity contribution in [1.82, 2.24) is 0 Å². The molecule has 1 fully saturated rings. The first-order valence-electron chi connectivity index (χ1n) is 5.70. The van der Waals surface area contributed by atoms with Gasteiger partial charge in [-0.25, -0.2) is 0 Å². The van der Waals surface area contributed by atoms with Crippen LogP contribution in [0.2, 0.25) is 0 Å². The summed E-state index contributed by atoms with van der Waals surface area (Å²) in [5.74, 6) is -0.0305. The number of anilines is 1. The van der Waals surface area contributed by atoms with E-state index in [9.17, 15) is 4.79 Å². The molecular weight excluding hydrogens is 200 g/mol. The molecule has 1 amide bonds. The first kappa shape index (κ1) is 11.1. The third-order valence-corrected chi connectivity index (χ3v) is 3.22. The average molecular weight is 218 g/mol. The van der Waals surface area contributed by atoms with E-state index >= 15 is 0 Å². The van der Waals surface area contributed by atoms with Gasteiger partial charge in [-0.2, -0.15) is 0 Å². The highest BCUT2D eigenvalue weighted by Crippen LogP contribution is 2.47. The van der Waals surface area contributed by atoms with E-state index in [-0.39, 0.29) is 5.91 Å². The highest BCUT2D eigenvalue weighted by molar-refractivity contribution is 5.88. The number of carbonyl (C=O) groups excluding carboxylic acids is 1. The number of nitrogens with two attached hydrogens (primary N) is 1. The van der Waals surface area contributed by atoms with Gasteiger partial charge in [0.05, 0.1) is 0 Å². The molecule has 3 nitrogen and oxygen atoms in total. The zero-order chi connectivity index (χ0) is 11.6. The Balaban J connectivity index is 2.07. The predicted octanol–water partition coefficient (Wildman–Crippen LogP) is 1.93. The van der Waals surface area contributed by atoms with Crippen LogP contribution in [0, 0.1) is 5.41 Å². The van der Waals surface area contributed by atoms with Crippen LogP contribution in [0.1, 0.15) is 25.3 Å². The minimum absolute atomic E-state index is 0.0305. The lowest BCUT2D eigenvalue weighted by molar-refractivity contribution is -0.114. The summed E-state index contributed by atoms with van der Waals surface area (Å²) in [6, 6.07) is 8.03. The van der Waals surface area contributed by atoms with Crippen LogP contribution in [-0.2, 0) is 11.2 Å². The van der Waals surface area contributed by atoms with Crippen LogP contribution in [0.4, 0.5) is 5.69 Å². The van der Waals surface area contributed by atoms with Crippen LogP contribution in [0.3, 0.4) is 0 Å². The van der Waals surface area contributed by atoms with E-state index in [0.29, 0.717) is 5.41 Å². The van der Waals surface area contributed by atoms with Crippen molar-refractivity contribution in [3.8, 4) is 0 Å². The quantitative estimate of drug-likeness (QED) is 0.811. The maximum absolute atomic E-state index is 10.9. The normalized spacial score (nSPS) is 16.9. The van der Waals surface area contributed by atoms with Crippen molar-refractivity contribution in [1.29, 1.82) is 0 Å². The minimum Gasteiger partial charge on any atom is -0.330 e. The highest BCUT2D eigenvalue weighted by Gasteiger charge is 2.40. The van der Waals surface area contributed by atoms with Crippen molar-refractivity contribution >= 4 is 11.6 Å². The Kier molecular flexibility index (Phi) is 2.97. The molecule has 1 aromatic rings. The van der Waals surface area contributed by atoms with Gasteiger partial charge in [-0.05, 0) is 48.9 Å². The molecule has 0 aromatic heterocycles. The van der Waals surface area contributed by atoms with Gasteiger partial charge >= 0.3 is 0 Å². The van der Waals surface area contributed by atoms with Crippen molar-refractivity contribution in [3.63, 3.8) is 0 Å². The number of hydrogen-bond acceptors (Lipinski definition) is 2. The summed E-state index contributed by atoms with van der Waals surface area (Å²) in [7, 11) is 0. The van der Waals surface area contributed by atoms with Gasteiger partial charge in [0.25, 0.3) is 0 Å². The molecule has 0 bridgehead atoms. The number of amides is 1. The van der Waals surface area contributed by atoms with Gasteiger partial charge in [-0.15, -0.1) is 0 Å². The van der Waals surface area contributed by atoms with E-state index in [1.807, 2.05) is 18.2 Å². The Bertz CT molecular complexity index is 397. The summed E-state index contributed by atoms with van der Waals surface area (Å²) < 4.78 is 0. The van der Waals surface area contributed by atoms with Gasteiger partial charge in [-0.1, -0.05) is 12.1 Å². The molecule has 3 heteroatoms. The summed E-state index contributed by atoms with van der Waals surface area (Å²) in [4.78, 5) is 10.9. The molecule has 0 spiro atoms. The molecule has 0 saturated heterocycles. The van der Waals surface area contributed by atoms with Crippen molar-refractivity contribution in [2.24, 2.45) is 11.1 Å². The molecule has 1 aromatic carbocycles. The number of carbonyl (C=O) groups is 1. The summed E-state index contributed by atoms with van der Waals surface area (Å²) in [6.45, 7) is 2.28. The highest BCUT2D eigenvalue weighted by atomic mass is 16.1. The first-order chi connectivity index (χ1) is 7.63. The van der Waals surface area contributed by atoms with Crippen LogP contribution in [-0.4, -0.2) is 12.5 Å². The maximum atomic E-state index is 10.9. The van der Waals surface area contributed by atoms with Gasteiger partial charge in [0, 0.05) is 12.6 Å². The molecule has 3 N–H and O–H groups in total. The summed E-state index contributed by atoms with van der Waals surface area (Å²) >= 11 is 0. The molecule has 0 heterocycles. The molecule has 0 unspecified atom stereocenters. The zero-order valence-electron chi connectivity index (χ0n) is 9.62. The Hall–Kier alpha value is -1.35. The molecule has 1 saturated carbocycles. The fourth-order valence-corrected chi connectivity index (χ4v) is 2.03. The van der Waals surface area contributed by atoms with Crippen molar-refractivity contribution in [2.45, 2.75) is 26.2 Å². The van der Waals surface area contributed by atoms with Crippen molar-refractivity contribution in [3.05, 3.63) is 29.8 Å². The summed E-state index contributed by atoms with van der Waals surface area (Å²) in [5, 5.41) is 2.80. The van der Waals surface area contributed by atoms with Crippen molar-refractivity contribution < 1.29 is 4.79 Å². The van der Waals surface area contributed by atoms with E-state index in [1.165, 1.54) is 25.3 Å². The Morgan fingerprint density at radius 1 is 1.50 bits per heavy atom. The standard InChI is InChI=1S/C13H18N2O/c1-10(16)15-12-4-2-3-11(7-12)8-13(9-14)5-6-13/h2-4,7H,5-6,8-9,14H2,1H3,(H,15,16). The number of benzene rings is 1. The Morgan fingerprint density at radius 3 is 2.81 bits per heavy atom. The molecule has 2 rings (SSSR count). The molecule has 0 radical (unpaired) electrons. The SMILES string of the molecule is CC(=O)Nc1cccc(CC2(CN)CC2)c1. The predicted molar refractivity (Wildman–Crippen MR) is 65.2 cm³/mol. The van der Waals surface area contributed by atoms with Crippen LogP contribution in [0.25, 0.3) is 0 Å². The van der Waals surface area contributed by atoms with E-state index in [0.717, 1.165) is 18.7 Å². The lowest BCUT2D eigenvalue weighted by Crippen LogP contribution is -2.18. The third-order valence-electron chi connectivity index (χ3n) is 3.22. The van der Waals surface area contributed by atoms with Crippen LogP contribution >= 0.6 is 0 Å². The molecule has 0 aliphatic heterocycles. The minimum atomic E-state index is -0.0305. The lowest BCUT2D eigenvalue weighted by atomic mass is 9.96. The second kappa shape index (κ2) is 4.26. The third kappa shape index (κ3) is 2.61. The van der Waals surface area contributed by atoms with Gasteiger partial charge in [0.1, 0.15) is 0 Å². The van der Waals surface area contributed by atoms with Gasteiger partial charge in [0.2, 0.25) is 5.91 Å². The fourth-order valence-electron chi connectivity index (χ4n) is 2.03. The monoisotopic (exact) mass is 218 g/mol. The number of rotatable bonds is 4.